The first-order valence-corrected chi connectivity index (χ1v) is 25.6. The van der Waals surface area contributed by atoms with Crippen LogP contribution in [0.3, 0.4) is 0 Å². The summed E-state index contributed by atoms with van der Waals surface area (Å²) in [6.07, 6.45) is 14.9. The molecule has 0 amide bonds. The topological polar surface area (TPSA) is 54.0 Å². The predicted molar refractivity (Wildman–Crippen MR) is 216 cm³/mol. The molecule has 3 aliphatic rings. The number of rotatable bonds is 13. The second kappa shape index (κ2) is 16.0. The van der Waals surface area contributed by atoms with E-state index in [1.807, 2.05) is 0 Å². The van der Waals surface area contributed by atoms with Crippen molar-refractivity contribution in [1.29, 1.82) is 0 Å². The predicted octanol–water partition coefficient (Wildman–Crippen LogP) is 12.3. The molecular formula is C43H76O5Si2. The zero-order chi connectivity index (χ0) is 38.1. The molecule has 50 heavy (non-hydrogen) atoms. The van der Waals surface area contributed by atoms with E-state index in [2.05, 4.69) is 134 Å². The van der Waals surface area contributed by atoms with Crippen molar-refractivity contribution in [1.82, 2.24) is 0 Å². The summed E-state index contributed by atoms with van der Waals surface area (Å²) in [7, 11) is -3.99. The van der Waals surface area contributed by atoms with Crippen LogP contribution in [-0.2, 0) is 23.1 Å². The van der Waals surface area contributed by atoms with Crippen LogP contribution in [0.4, 0.5) is 0 Å². The molecule has 2 fully saturated rings. The van der Waals surface area contributed by atoms with Gasteiger partial charge in [-0.25, -0.2) is 4.79 Å². The molecule has 0 spiro atoms. The van der Waals surface area contributed by atoms with Crippen molar-refractivity contribution in [2.75, 3.05) is 6.61 Å². The molecule has 0 aromatic rings. The zero-order valence-corrected chi connectivity index (χ0v) is 37.2. The maximum absolute atomic E-state index is 13.0. The van der Waals surface area contributed by atoms with Gasteiger partial charge in [0.1, 0.15) is 12.2 Å². The van der Waals surface area contributed by atoms with E-state index in [1.54, 1.807) is 0 Å². The first-order chi connectivity index (χ1) is 22.8. The minimum Gasteiger partial charge on any atom is -0.457 e. The second-order valence-electron chi connectivity index (χ2n) is 19.3. The number of ether oxygens (including phenoxy) is 2. The SMILES string of the molecule is C=C1/C(=C\C=C2/CCC[C@]3(C)C(C(C)OCC(=O)OC(CC)(CC)C(C)C)=CC[C@@H]23)C[C@@H](O[Si](C)(C)C(C)(C)C)C[C@@H]1O[Si](C)(C)C(C)(C)C. The molecule has 0 bridgehead atoms. The number of fused-ring (bicyclic) bond motifs is 1. The Morgan fingerprint density at radius 1 is 0.980 bits per heavy atom. The van der Waals surface area contributed by atoms with Gasteiger partial charge >= 0.3 is 5.97 Å². The number of carbonyl (C=O) groups excluding carboxylic acids is 1. The van der Waals surface area contributed by atoms with Gasteiger partial charge < -0.3 is 18.3 Å². The lowest BCUT2D eigenvalue weighted by Gasteiger charge is -2.45. The Morgan fingerprint density at radius 3 is 2.10 bits per heavy atom. The van der Waals surface area contributed by atoms with Crippen LogP contribution in [0.15, 0.2) is 47.1 Å². The summed E-state index contributed by atoms with van der Waals surface area (Å²) in [6, 6.07) is 0. The van der Waals surface area contributed by atoms with Crippen LogP contribution in [0.5, 0.6) is 0 Å². The van der Waals surface area contributed by atoms with Crippen molar-refractivity contribution in [2.45, 2.75) is 195 Å². The average Bonchev–Trinajstić information content (AvgIpc) is 3.35. The normalized spacial score (nSPS) is 27.9. The van der Waals surface area contributed by atoms with E-state index in [0.717, 1.165) is 56.9 Å². The molecule has 0 aromatic heterocycles. The third-order valence-electron chi connectivity index (χ3n) is 13.8. The quantitative estimate of drug-likeness (QED) is 0.107. The Bertz CT molecular complexity index is 1300. The van der Waals surface area contributed by atoms with Gasteiger partial charge in [-0.3, -0.25) is 0 Å². The van der Waals surface area contributed by atoms with Gasteiger partial charge in [0.15, 0.2) is 16.6 Å². The highest BCUT2D eigenvalue weighted by Crippen LogP contribution is 2.56. The summed E-state index contributed by atoms with van der Waals surface area (Å²) in [6.45, 7) is 41.0. The number of esters is 1. The van der Waals surface area contributed by atoms with E-state index >= 15 is 0 Å². The third-order valence-corrected chi connectivity index (χ3v) is 22.8. The van der Waals surface area contributed by atoms with E-state index in [9.17, 15) is 4.79 Å². The van der Waals surface area contributed by atoms with Crippen molar-refractivity contribution in [2.24, 2.45) is 17.3 Å². The number of hydrogen-bond donors (Lipinski definition) is 0. The fourth-order valence-electron chi connectivity index (χ4n) is 8.11. The number of hydrogen-bond acceptors (Lipinski definition) is 5. The molecule has 3 aliphatic carbocycles. The zero-order valence-electron chi connectivity index (χ0n) is 35.2. The van der Waals surface area contributed by atoms with Crippen LogP contribution in [0.25, 0.3) is 0 Å². The highest BCUT2D eigenvalue weighted by atomic mass is 28.4. The molecule has 3 rings (SSSR count). The average molecular weight is 729 g/mol. The van der Waals surface area contributed by atoms with Crippen LogP contribution in [0.1, 0.15) is 134 Å². The van der Waals surface area contributed by atoms with E-state index < -0.39 is 22.2 Å². The molecule has 0 saturated heterocycles. The van der Waals surface area contributed by atoms with Gasteiger partial charge in [0, 0.05) is 6.42 Å². The second-order valence-corrected chi connectivity index (χ2v) is 28.9. The van der Waals surface area contributed by atoms with Crippen LogP contribution in [-0.4, -0.2) is 53.1 Å². The van der Waals surface area contributed by atoms with E-state index in [4.69, 9.17) is 18.3 Å². The first-order valence-electron chi connectivity index (χ1n) is 19.8. The Balaban J connectivity index is 1.82. The van der Waals surface area contributed by atoms with Gasteiger partial charge in [-0.05, 0) is 122 Å². The van der Waals surface area contributed by atoms with E-state index in [1.165, 1.54) is 16.7 Å². The largest absolute Gasteiger partial charge is 0.457 e. The standard InChI is InChI=1S/C43H76O5Si2/c1-18-43(19-2,30(3)4)46-39(44)29-45-32(6)36-24-25-37-33(21-20-26-42(36,37)13)22-23-34-27-35(47-49(14,15)40(7,8)9)28-38(31(34)5)48-50(16,17)41(10,11)12/h22-24,30,32,35,37-38H,5,18-21,25-29H2,1-4,6-17H3/b33-22+,34-23-/t32?,35-,37+,38+,42-/m1/s1. The molecule has 0 N–H and O–H groups in total. The molecular weight excluding hydrogens is 653 g/mol. The van der Waals surface area contributed by atoms with Crippen molar-refractivity contribution in [3.8, 4) is 0 Å². The molecule has 0 aliphatic heterocycles. The summed E-state index contributed by atoms with van der Waals surface area (Å²) in [4.78, 5) is 13.0. The van der Waals surface area contributed by atoms with Gasteiger partial charge in [-0.15, -0.1) is 0 Å². The molecule has 0 aromatic carbocycles. The van der Waals surface area contributed by atoms with Gasteiger partial charge in [0.05, 0.1) is 18.3 Å². The van der Waals surface area contributed by atoms with Crippen LogP contribution in [0.2, 0.25) is 36.3 Å². The van der Waals surface area contributed by atoms with Gasteiger partial charge in [0.25, 0.3) is 0 Å². The van der Waals surface area contributed by atoms with Crippen LogP contribution < -0.4 is 0 Å². The Morgan fingerprint density at radius 2 is 1.56 bits per heavy atom. The minimum absolute atomic E-state index is 0.0130. The Kier molecular flexibility index (Phi) is 13.8. The monoisotopic (exact) mass is 729 g/mol. The van der Waals surface area contributed by atoms with Gasteiger partial charge in [0.2, 0.25) is 0 Å². The van der Waals surface area contributed by atoms with Crippen molar-refractivity contribution < 1.29 is 23.1 Å². The molecule has 0 radical (unpaired) electrons. The smallest absolute Gasteiger partial charge is 0.332 e. The molecule has 0 heterocycles. The summed E-state index contributed by atoms with van der Waals surface area (Å²) in [5.41, 5.74) is 4.85. The van der Waals surface area contributed by atoms with Crippen LogP contribution >= 0.6 is 0 Å². The molecule has 1 unspecified atom stereocenters. The minimum atomic E-state index is -2.02. The highest BCUT2D eigenvalue weighted by molar-refractivity contribution is 6.74. The fourth-order valence-corrected chi connectivity index (χ4v) is 10.8. The van der Waals surface area contributed by atoms with Crippen molar-refractivity contribution in [3.63, 3.8) is 0 Å². The molecule has 286 valence electrons. The summed E-state index contributed by atoms with van der Waals surface area (Å²) in [5.74, 6) is 0.436. The third kappa shape index (κ3) is 9.45. The van der Waals surface area contributed by atoms with Crippen molar-refractivity contribution in [3.05, 3.63) is 47.1 Å². The van der Waals surface area contributed by atoms with Gasteiger partial charge in [-0.2, -0.15) is 0 Å². The lowest BCUT2D eigenvalue weighted by Crippen LogP contribution is -2.49. The molecule has 2 saturated carbocycles. The number of allylic oxidation sites excluding steroid dienone is 4. The summed E-state index contributed by atoms with van der Waals surface area (Å²) >= 11 is 0. The van der Waals surface area contributed by atoms with Crippen LogP contribution in [0, 0.1) is 17.3 Å². The lowest BCUT2D eigenvalue weighted by atomic mass is 9.63. The molecule has 7 heteroatoms. The Labute approximate surface area is 310 Å². The maximum Gasteiger partial charge on any atom is 0.332 e. The van der Waals surface area contributed by atoms with E-state index in [0.29, 0.717) is 5.92 Å². The molecule has 5 nitrogen and oxygen atoms in total. The van der Waals surface area contributed by atoms with E-state index in [-0.39, 0.29) is 52.3 Å². The highest BCUT2D eigenvalue weighted by Gasteiger charge is 2.47. The lowest BCUT2D eigenvalue weighted by molar-refractivity contribution is -0.172. The fraction of sp³-hybridized carbons (Fsp3) is 0.791. The number of carbonyl (C=O) groups is 1. The van der Waals surface area contributed by atoms with Gasteiger partial charge in [-0.1, -0.05) is 107 Å². The first kappa shape index (κ1) is 43.2. The Hall–Kier alpha value is -1.26. The summed E-state index contributed by atoms with van der Waals surface area (Å²) < 4.78 is 26.5. The maximum atomic E-state index is 13.0. The van der Waals surface area contributed by atoms with Crippen molar-refractivity contribution >= 4 is 22.6 Å². The summed E-state index contributed by atoms with van der Waals surface area (Å²) in [5, 5.41) is 0.268. The molecule has 5 atom stereocenters.